The molecule has 0 spiro atoms. The van der Waals surface area contributed by atoms with Gasteiger partial charge >= 0.3 is 0 Å². The number of hydrogen-bond acceptors (Lipinski definition) is 4. The van der Waals surface area contributed by atoms with Crippen molar-refractivity contribution in [3.8, 4) is 0 Å². The van der Waals surface area contributed by atoms with Gasteiger partial charge in [-0.15, -0.1) is 0 Å². The molecule has 6 nitrogen and oxygen atoms in total. The highest BCUT2D eigenvalue weighted by atomic mass is 16.2. The third-order valence-electron chi connectivity index (χ3n) is 4.28. The second kappa shape index (κ2) is 16.7. The van der Waals surface area contributed by atoms with Crippen molar-refractivity contribution >= 4 is 12.3 Å². The summed E-state index contributed by atoms with van der Waals surface area (Å²) in [5.41, 5.74) is 4.50. The van der Waals surface area contributed by atoms with Crippen LogP contribution in [0.15, 0.2) is 0 Å². The first kappa shape index (κ1) is 25.1. The molecule has 0 saturated carbocycles. The largest absolute Gasteiger partial charge is 0.345 e. The molecule has 24 heavy (non-hydrogen) atoms. The molecule has 0 aromatic carbocycles. The number of carbonyl (C=O) groups is 2. The van der Waals surface area contributed by atoms with Crippen molar-refractivity contribution in [2.24, 2.45) is 5.73 Å². The summed E-state index contributed by atoms with van der Waals surface area (Å²) in [5, 5.41) is 0. The van der Waals surface area contributed by atoms with Gasteiger partial charge in [0, 0.05) is 38.6 Å². The van der Waals surface area contributed by atoms with Crippen molar-refractivity contribution in [2.75, 3.05) is 46.8 Å². The second-order valence-electron chi connectivity index (χ2n) is 5.53. The third kappa shape index (κ3) is 9.88. The van der Waals surface area contributed by atoms with E-state index in [4.69, 9.17) is 0 Å². The van der Waals surface area contributed by atoms with Crippen molar-refractivity contribution in [3.05, 3.63) is 0 Å². The maximum atomic E-state index is 11.4. The van der Waals surface area contributed by atoms with Crippen LogP contribution in [0.3, 0.4) is 0 Å². The monoisotopic (exact) mass is 344 g/mol. The van der Waals surface area contributed by atoms with Gasteiger partial charge in [-0.2, -0.15) is 0 Å². The van der Waals surface area contributed by atoms with E-state index in [1.165, 1.54) is 13.5 Å². The minimum Gasteiger partial charge on any atom is -0.345 e. The Morgan fingerprint density at radius 1 is 1.12 bits per heavy atom. The number of hydrogen-bond donors (Lipinski definition) is 1. The van der Waals surface area contributed by atoms with Crippen molar-refractivity contribution in [1.82, 2.24) is 14.7 Å². The highest BCUT2D eigenvalue weighted by Crippen LogP contribution is 2.15. The van der Waals surface area contributed by atoms with E-state index >= 15 is 0 Å². The highest BCUT2D eigenvalue weighted by Gasteiger charge is 2.23. The van der Waals surface area contributed by atoms with Gasteiger partial charge in [0.2, 0.25) is 12.3 Å². The van der Waals surface area contributed by atoms with Crippen LogP contribution in [-0.2, 0) is 9.59 Å². The smallest absolute Gasteiger partial charge is 0.222 e. The SMILES string of the molecule is CC.CCC(=O)N1CCC(N(C)CC)CC1.CN.O=CN1CCC1. The van der Waals surface area contributed by atoms with Crippen LogP contribution in [-0.4, -0.2) is 79.9 Å². The highest BCUT2D eigenvalue weighted by molar-refractivity contribution is 5.75. The average molecular weight is 345 g/mol. The van der Waals surface area contributed by atoms with Gasteiger partial charge in [0.25, 0.3) is 0 Å². The Morgan fingerprint density at radius 2 is 1.62 bits per heavy atom. The van der Waals surface area contributed by atoms with Gasteiger partial charge in [0.1, 0.15) is 0 Å². The van der Waals surface area contributed by atoms with Crippen LogP contribution in [0.5, 0.6) is 0 Å². The maximum absolute atomic E-state index is 11.4. The van der Waals surface area contributed by atoms with E-state index in [0.717, 1.165) is 52.0 Å². The lowest BCUT2D eigenvalue weighted by atomic mass is 10.0. The van der Waals surface area contributed by atoms with E-state index in [-0.39, 0.29) is 0 Å². The van der Waals surface area contributed by atoms with Crippen molar-refractivity contribution < 1.29 is 9.59 Å². The Hall–Kier alpha value is -1.14. The Morgan fingerprint density at radius 3 is 1.88 bits per heavy atom. The zero-order chi connectivity index (χ0) is 19.0. The summed E-state index contributed by atoms with van der Waals surface area (Å²) in [6.45, 7) is 13.1. The second-order valence-corrected chi connectivity index (χ2v) is 5.53. The molecule has 144 valence electrons. The number of nitrogens with zero attached hydrogens (tertiary/aromatic N) is 3. The molecule has 0 aliphatic carbocycles. The predicted octanol–water partition coefficient (Wildman–Crippen LogP) is 1.79. The van der Waals surface area contributed by atoms with Gasteiger partial charge in [-0.1, -0.05) is 27.7 Å². The molecule has 2 aliphatic rings. The van der Waals surface area contributed by atoms with Crippen LogP contribution in [0.4, 0.5) is 0 Å². The Labute approximate surface area is 149 Å². The summed E-state index contributed by atoms with van der Waals surface area (Å²) in [6, 6.07) is 0.681. The first-order valence-corrected chi connectivity index (χ1v) is 9.37. The molecular weight excluding hydrogens is 304 g/mol. The van der Waals surface area contributed by atoms with Gasteiger partial charge in [0.15, 0.2) is 0 Å². The van der Waals surface area contributed by atoms with E-state index in [2.05, 4.69) is 24.6 Å². The Kier molecular flexibility index (Phi) is 17.5. The molecule has 2 N–H and O–H groups in total. The molecule has 2 heterocycles. The van der Waals surface area contributed by atoms with Gasteiger partial charge in [-0.05, 0) is 39.9 Å². The maximum Gasteiger partial charge on any atom is 0.222 e. The van der Waals surface area contributed by atoms with Crippen molar-refractivity contribution in [1.29, 1.82) is 0 Å². The number of carbonyl (C=O) groups excluding carboxylic acids is 2. The number of nitrogens with two attached hydrogens (primary N) is 1. The van der Waals surface area contributed by atoms with Crippen LogP contribution in [0.2, 0.25) is 0 Å². The van der Waals surface area contributed by atoms with Crippen LogP contribution in [0.25, 0.3) is 0 Å². The van der Waals surface area contributed by atoms with Gasteiger partial charge < -0.3 is 20.4 Å². The lowest BCUT2D eigenvalue weighted by Gasteiger charge is -2.36. The van der Waals surface area contributed by atoms with E-state index in [9.17, 15) is 9.59 Å². The third-order valence-corrected chi connectivity index (χ3v) is 4.28. The molecule has 2 rings (SSSR count). The number of likely N-dealkylation sites (tertiary alicyclic amines) is 2. The molecule has 0 unspecified atom stereocenters. The van der Waals surface area contributed by atoms with Crippen LogP contribution in [0.1, 0.15) is 53.4 Å². The molecule has 6 heteroatoms. The minimum atomic E-state index is 0.308. The molecule has 2 amide bonds. The Bertz CT molecular complexity index is 301. The molecule has 2 saturated heterocycles. The van der Waals surface area contributed by atoms with E-state index < -0.39 is 0 Å². The van der Waals surface area contributed by atoms with E-state index in [0.29, 0.717) is 18.4 Å². The normalized spacial score (nSPS) is 16.5. The molecule has 0 aromatic heterocycles. The van der Waals surface area contributed by atoms with E-state index in [1.54, 1.807) is 4.90 Å². The van der Waals surface area contributed by atoms with Crippen LogP contribution >= 0.6 is 0 Å². The molecule has 0 atom stereocenters. The zero-order valence-corrected chi connectivity index (χ0v) is 16.8. The van der Waals surface area contributed by atoms with Gasteiger partial charge in [-0.3, -0.25) is 9.59 Å². The van der Waals surface area contributed by atoms with Gasteiger partial charge in [0.05, 0.1) is 0 Å². The number of piperidine rings is 1. The fourth-order valence-electron chi connectivity index (χ4n) is 2.48. The summed E-state index contributed by atoms with van der Waals surface area (Å²) < 4.78 is 0. The predicted molar refractivity (Wildman–Crippen MR) is 102 cm³/mol. The molecule has 0 aromatic rings. The fraction of sp³-hybridized carbons (Fsp3) is 0.889. The number of amides is 2. The first-order valence-electron chi connectivity index (χ1n) is 9.37. The van der Waals surface area contributed by atoms with Crippen molar-refractivity contribution in [2.45, 2.75) is 59.4 Å². The summed E-state index contributed by atoms with van der Waals surface area (Å²) >= 11 is 0. The summed E-state index contributed by atoms with van der Waals surface area (Å²) in [5.74, 6) is 0.308. The first-order chi connectivity index (χ1) is 11.6. The summed E-state index contributed by atoms with van der Waals surface area (Å²) in [6.07, 6.45) is 5.00. The molecule has 2 aliphatic heterocycles. The lowest BCUT2D eigenvalue weighted by molar-refractivity contribution is -0.132. The quantitative estimate of drug-likeness (QED) is 0.789. The summed E-state index contributed by atoms with van der Waals surface area (Å²) in [4.78, 5) is 27.3. The molecule has 0 radical (unpaired) electrons. The lowest BCUT2D eigenvalue weighted by Crippen LogP contribution is -2.45. The topological polar surface area (TPSA) is 69.9 Å². The van der Waals surface area contributed by atoms with Crippen LogP contribution < -0.4 is 5.73 Å². The zero-order valence-electron chi connectivity index (χ0n) is 16.8. The standard InChI is InChI=1S/C11H22N2O.C4H7NO.C2H6.CH5N/c1-4-11(14)13-8-6-10(7-9-13)12(3)5-2;6-4-5-2-1-3-5;2*1-2/h10H,4-9H2,1-3H3;4H,1-3H2;1-2H3;2H2,1H3. The summed E-state index contributed by atoms with van der Waals surface area (Å²) in [7, 11) is 3.67. The number of rotatable bonds is 4. The van der Waals surface area contributed by atoms with Gasteiger partial charge in [-0.25, -0.2) is 0 Å². The molecule has 0 bridgehead atoms. The van der Waals surface area contributed by atoms with Crippen LogP contribution in [0, 0.1) is 0 Å². The molecule has 2 fully saturated rings. The Balaban J connectivity index is 0. The van der Waals surface area contributed by atoms with Crippen molar-refractivity contribution in [3.63, 3.8) is 0 Å². The fourth-order valence-corrected chi connectivity index (χ4v) is 2.48. The molecular formula is C18H40N4O2. The average Bonchev–Trinajstić information content (AvgIpc) is 2.63. The minimum absolute atomic E-state index is 0.308. The van der Waals surface area contributed by atoms with E-state index in [1.807, 2.05) is 25.7 Å².